The fourth-order valence-corrected chi connectivity index (χ4v) is 3.31. The first kappa shape index (κ1) is 11.3. The Balaban J connectivity index is 1.89. The van der Waals surface area contributed by atoms with Crippen LogP contribution < -0.4 is 0 Å². The number of hydrogen-bond acceptors (Lipinski definition) is 4. The molecule has 0 saturated heterocycles. The zero-order valence-electron chi connectivity index (χ0n) is 10.0. The lowest BCUT2D eigenvalue weighted by Crippen LogP contribution is -2.38. The van der Waals surface area contributed by atoms with Crippen molar-refractivity contribution in [2.45, 2.75) is 19.4 Å². The summed E-state index contributed by atoms with van der Waals surface area (Å²) in [5.41, 5.74) is 1.69. The summed E-state index contributed by atoms with van der Waals surface area (Å²) < 4.78 is 0. The van der Waals surface area contributed by atoms with Gasteiger partial charge in [0.15, 0.2) is 0 Å². The van der Waals surface area contributed by atoms with Gasteiger partial charge in [-0.25, -0.2) is 4.98 Å². The minimum atomic E-state index is -0.0348. The molecule has 0 bridgehead atoms. The Hall–Kier alpha value is -1.75. The van der Waals surface area contributed by atoms with E-state index < -0.39 is 0 Å². The minimum absolute atomic E-state index is 0.0348. The van der Waals surface area contributed by atoms with Gasteiger partial charge in [-0.05, 0) is 30.4 Å². The SMILES string of the molecule is C[C@@H]1c2ccsc2CCN1C(=O)c1cnccn1. The average molecular weight is 259 g/mol. The molecule has 0 N–H and O–H groups in total. The topological polar surface area (TPSA) is 46.1 Å². The van der Waals surface area contributed by atoms with Crippen LogP contribution in [0.2, 0.25) is 0 Å². The molecule has 2 aromatic rings. The van der Waals surface area contributed by atoms with Crippen LogP contribution in [0.1, 0.15) is 33.9 Å². The average Bonchev–Trinajstić information content (AvgIpc) is 2.89. The van der Waals surface area contributed by atoms with E-state index in [1.54, 1.807) is 23.7 Å². The lowest BCUT2D eigenvalue weighted by Gasteiger charge is -2.33. The molecule has 0 spiro atoms. The molecule has 1 aliphatic rings. The summed E-state index contributed by atoms with van der Waals surface area (Å²) in [6, 6.07) is 2.23. The lowest BCUT2D eigenvalue weighted by atomic mass is 10.0. The summed E-state index contributed by atoms with van der Waals surface area (Å²) in [6.45, 7) is 2.82. The Morgan fingerprint density at radius 1 is 1.50 bits per heavy atom. The number of aromatic nitrogens is 2. The standard InChI is InChI=1S/C13H13N3OS/c1-9-10-3-7-18-12(10)2-6-16(9)13(17)11-8-14-4-5-15-11/h3-5,7-9H,2,6H2,1H3/t9-/m1/s1. The van der Waals surface area contributed by atoms with Gasteiger partial charge in [0.2, 0.25) is 0 Å². The van der Waals surface area contributed by atoms with Gasteiger partial charge in [-0.15, -0.1) is 11.3 Å². The third kappa shape index (κ3) is 1.80. The Kier molecular flexibility index (Phi) is 2.83. The van der Waals surface area contributed by atoms with E-state index in [0.717, 1.165) is 13.0 Å². The van der Waals surface area contributed by atoms with E-state index >= 15 is 0 Å². The van der Waals surface area contributed by atoms with Crippen LogP contribution in [0.4, 0.5) is 0 Å². The van der Waals surface area contributed by atoms with Gasteiger partial charge in [-0.2, -0.15) is 0 Å². The smallest absolute Gasteiger partial charge is 0.274 e. The normalized spacial score (nSPS) is 18.5. The Morgan fingerprint density at radius 3 is 3.17 bits per heavy atom. The van der Waals surface area contributed by atoms with E-state index in [4.69, 9.17) is 0 Å². The van der Waals surface area contributed by atoms with E-state index in [1.807, 2.05) is 4.90 Å². The third-order valence-corrected chi connectivity index (χ3v) is 4.32. The number of rotatable bonds is 1. The zero-order chi connectivity index (χ0) is 12.5. The van der Waals surface area contributed by atoms with Crippen molar-refractivity contribution in [2.75, 3.05) is 6.54 Å². The van der Waals surface area contributed by atoms with Crippen LogP contribution in [-0.2, 0) is 6.42 Å². The maximum Gasteiger partial charge on any atom is 0.274 e. The van der Waals surface area contributed by atoms with Crippen LogP contribution >= 0.6 is 11.3 Å². The van der Waals surface area contributed by atoms with Crippen LogP contribution in [0.5, 0.6) is 0 Å². The van der Waals surface area contributed by atoms with Crippen molar-refractivity contribution in [2.24, 2.45) is 0 Å². The van der Waals surface area contributed by atoms with Gasteiger partial charge in [-0.1, -0.05) is 0 Å². The van der Waals surface area contributed by atoms with Crippen molar-refractivity contribution >= 4 is 17.2 Å². The maximum absolute atomic E-state index is 12.4. The largest absolute Gasteiger partial charge is 0.330 e. The summed E-state index contributed by atoms with van der Waals surface area (Å²) in [4.78, 5) is 23.7. The summed E-state index contributed by atoms with van der Waals surface area (Å²) in [5.74, 6) is -0.0348. The molecular formula is C13H13N3OS. The number of fused-ring (bicyclic) bond motifs is 1. The van der Waals surface area contributed by atoms with Crippen molar-refractivity contribution in [3.8, 4) is 0 Å². The van der Waals surface area contributed by atoms with Crippen molar-refractivity contribution < 1.29 is 4.79 Å². The minimum Gasteiger partial charge on any atom is -0.330 e. The number of carbonyl (C=O) groups is 1. The monoisotopic (exact) mass is 259 g/mol. The number of hydrogen-bond donors (Lipinski definition) is 0. The fourth-order valence-electron chi connectivity index (χ4n) is 2.34. The summed E-state index contributed by atoms with van der Waals surface area (Å²) in [6.07, 6.45) is 5.59. The first-order valence-corrected chi connectivity index (χ1v) is 6.78. The Morgan fingerprint density at radius 2 is 2.39 bits per heavy atom. The maximum atomic E-state index is 12.4. The first-order valence-electron chi connectivity index (χ1n) is 5.90. The summed E-state index contributed by atoms with van der Waals surface area (Å²) in [5, 5.41) is 2.09. The molecule has 5 heteroatoms. The van der Waals surface area contributed by atoms with Crippen molar-refractivity contribution in [1.29, 1.82) is 0 Å². The quantitative estimate of drug-likeness (QED) is 0.789. The second-order valence-electron chi connectivity index (χ2n) is 4.31. The predicted octanol–water partition coefficient (Wildman–Crippen LogP) is 2.30. The molecule has 3 heterocycles. The lowest BCUT2D eigenvalue weighted by molar-refractivity contribution is 0.0673. The third-order valence-electron chi connectivity index (χ3n) is 3.32. The molecule has 0 fully saturated rings. The Bertz CT molecular complexity index is 567. The van der Waals surface area contributed by atoms with Gasteiger partial charge >= 0.3 is 0 Å². The molecule has 1 amide bonds. The van der Waals surface area contributed by atoms with Crippen LogP contribution in [0, 0.1) is 0 Å². The van der Waals surface area contributed by atoms with Gasteiger partial charge in [0.05, 0.1) is 12.2 Å². The molecule has 0 saturated carbocycles. The molecule has 3 rings (SSSR count). The molecule has 0 aromatic carbocycles. The molecule has 2 aromatic heterocycles. The molecule has 0 radical (unpaired) electrons. The molecule has 1 atom stereocenters. The second-order valence-corrected chi connectivity index (χ2v) is 5.31. The van der Waals surface area contributed by atoms with E-state index in [1.165, 1.54) is 16.6 Å². The number of nitrogens with zero attached hydrogens (tertiary/aromatic N) is 3. The van der Waals surface area contributed by atoms with Gasteiger partial charge < -0.3 is 4.90 Å². The zero-order valence-corrected chi connectivity index (χ0v) is 10.9. The first-order chi connectivity index (χ1) is 8.77. The van der Waals surface area contributed by atoms with Gasteiger partial charge in [0.1, 0.15) is 5.69 Å². The van der Waals surface area contributed by atoms with Crippen LogP contribution in [0.25, 0.3) is 0 Å². The van der Waals surface area contributed by atoms with Crippen molar-refractivity contribution in [3.63, 3.8) is 0 Å². The highest BCUT2D eigenvalue weighted by Crippen LogP contribution is 2.33. The van der Waals surface area contributed by atoms with Crippen molar-refractivity contribution in [3.05, 3.63) is 46.2 Å². The highest BCUT2D eigenvalue weighted by atomic mass is 32.1. The van der Waals surface area contributed by atoms with Crippen LogP contribution in [0.3, 0.4) is 0 Å². The van der Waals surface area contributed by atoms with Crippen LogP contribution in [0.15, 0.2) is 30.0 Å². The van der Waals surface area contributed by atoms with E-state index in [9.17, 15) is 4.79 Å². The van der Waals surface area contributed by atoms with Gasteiger partial charge in [-0.3, -0.25) is 9.78 Å². The van der Waals surface area contributed by atoms with E-state index in [2.05, 4.69) is 28.3 Å². The summed E-state index contributed by atoms with van der Waals surface area (Å²) >= 11 is 1.77. The number of amides is 1. The number of carbonyl (C=O) groups excluding carboxylic acids is 1. The molecule has 0 unspecified atom stereocenters. The fraction of sp³-hybridized carbons (Fsp3) is 0.308. The van der Waals surface area contributed by atoms with Crippen LogP contribution in [-0.4, -0.2) is 27.3 Å². The predicted molar refractivity (Wildman–Crippen MR) is 69.5 cm³/mol. The van der Waals surface area contributed by atoms with E-state index in [-0.39, 0.29) is 11.9 Å². The summed E-state index contributed by atoms with van der Waals surface area (Å²) in [7, 11) is 0. The van der Waals surface area contributed by atoms with Gasteiger partial charge in [0.25, 0.3) is 5.91 Å². The highest BCUT2D eigenvalue weighted by Gasteiger charge is 2.29. The molecular weight excluding hydrogens is 246 g/mol. The Labute approximate surface area is 109 Å². The molecule has 18 heavy (non-hydrogen) atoms. The highest BCUT2D eigenvalue weighted by molar-refractivity contribution is 7.10. The van der Waals surface area contributed by atoms with Gasteiger partial charge in [0, 0.05) is 23.8 Å². The molecule has 4 nitrogen and oxygen atoms in total. The number of thiophene rings is 1. The molecule has 1 aliphatic heterocycles. The van der Waals surface area contributed by atoms with E-state index in [0.29, 0.717) is 5.69 Å². The van der Waals surface area contributed by atoms with Crippen molar-refractivity contribution in [1.82, 2.24) is 14.9 Å². The molecule has 92 valence electrons. The second kappa shape index (κ2) is 4.49. The molecule has 0 aliphatic carbocycles.